The maximum atomic E-state index is 10.8. The van der Waals surface area contributed by atoms with Gasteiger partial charge in [0.1, 0.15) is 5.78 Å². The fraction of sp³-hybridized carbons (Fsp3) is 0.364. The van der Waals surface area contributed by atoms with Crippen LogP contribution in [0.1, 0.15) is 6.92 Å². The minimum absolute atomic E-state index is 0.00732. The average molecular weight is 242 g/mol. The molecule has 1 aromatic rings. The van der Waals surface area contributed by atoms with Crippen molar-refractivity contribution in [3.8, 4) is 17.2 Å². The number of rotatable bonds is 5. The Kier molecular flexibility index (Phi) is 4.49. The van der Waals surface area contributed by atoms with Crippen LogP contribution in [0.3, 0.4) is 0 Å². The number of Topliss-reactive ketones (excluding diaryl/α,β-unsaturated/α-hetero) is 1. The molecule has 0 aliphatic heterocycles. The molecule has 0 spiro atoms. The van der Waals surface area contributed by atoms with Gasteiger partial charge in [0.15, 0.2) is 11.5 Å². The zero-order valence-electron chi connectivity index (χ0n) is 9.44. The van der Waals surface area contributed by atoms with E-state index < -0.39 is 0 Å². The van der Waals surface area contributed by atoms with E-state index in [0.717, 1.165) is 4.90 Å². The first kappa shape index (κ1) is 12.7. The van der Waals surface area contributed by atoms with Crippen LogP contribution in [0.2, 0.25) is 0 Å². The molecule has 1 N–H and O–H groups in total. The SMILES string of the molecule is COc1cc(SCC(C)=O)cc(O)c1OC. The third-order valence-electron chi connectivity index (χ3n) is 1.87. The summed E-state index contributed by atoms with van der Waals surface area (Å²) in [7, 11) is 2.96. The number of aromatic hydroxyl groups is 1. The lowest BCUT2D eigenvalue weighted by Gasteiger charge is -2.11. The summed E-state index contributed by atoms with van der Waals surface area (Å²) in [5.41, 5.74) is 0. The summed E-state index contributed by atoms with van der Waals surface area (Å²) in [6, 6.07) is 3.28. The fourth-order valence-corrected chi connectivity index (χ4v) is 1.94. The Balaban J connectivity index is 2.96. The number of hydrogen-bond donors (Lipinski definition) is 1. The van der Waals surface area contributed by atoms with Gasteiger partial charge in [-0.05, 0) is 19.1 Å². The number of thioether (sulfide) groups is 1. The van der Waals surface area contributed by atoms with Crippen molar-refractivity contribution in [2.24, 2.45) is 0 Å². The summed E-state index contributed by atoms with van der Waals surface area (Å²) in [6.07, 6.45) is 0. The van der Waals surface area contributed by atoms with E-state index >= 15 is 0 Å². The molecule has 0 aliphatic carbocycles. The van der Waals surface area contributed by atoms with Gasteiger partial charge in [0.2, 0.25) is 5.75 Å². The van der Waals surface area contributed by atoms with Crippen molar-refractivity contribution in [2.45, 2.75) is 11.8 Å². The number of hydrogen-bond acceptors (Lipinski definition) is 5. The van der Waals surface area contributed by atoms with Gasteiger partial charge in [-0.3, -0.25) is 4.79 Å². The average Bonchev–Trinajstić information content (AvgIpc) is 2.25. The Labute approximate surface area is 98.6 Å². The van der Waals surface area contributed by atoms with Crippen molar-refractivity contribution >= 4 is 17.5 Å². The molecule has 0 bridgehead atoms. The Morgan fingerprint density at radius 2 is 2.06 bits per heavy atom. The van der Waals surface area contributed by atoms with Crippen LogP contribution in [-0.4, -0.2) is 30.9 Å². The first-order valence-electron chi connectivity index (χ1n) is 4.65. The molecule has 0 saturated carbocycles. The Bertz CT molecular complexity index is 390. The molecule has 0 aromatic heterocycles. The fourth-order valence-electron chi connectivity index (χ4n) is 1.19. The number of phenols is 1. The molecule has 0 unspecified atom stereocenters. The molecule has 1 aromatic carbocycles. The standard InChI is InChI=1S/C11H14O4S/c1-7(12)6-16-8-4-9(13)11(15-3)10(5-8)14-2/h4-5,13H,6H2,1-3H3. The Hall–Kier alpha value is -1.36. The highest BCUT2D eigenvalue weighted by molar-refractivity contribution is 8.00. The number of carbonyl (C=O) groups is 1. The van der Waals surface area contributed by atoms with Crippen LogP contribution in [-0.2, 0) is 4.79 Å². The van der Waals surface area contributed by atoms with Gasteiger partial charge >= 0.3 is 0 Å². The highest BCUT2D eigenvalue weighted by Crippen LogP contribution is 2.40. The van der Waals surface area contributed by atoms with Gasteiger partial charge in [0, 0.05) is 4.90 Å². The first-order chi connectivity index (χ1) is 7.58. The maximum absolute atomic E-state index is 10.8. The minimum Gasteiger partial charge on any atom is -0.504 e. The van der Waals surface area contributed by atoms with Crippen molar-refractivity contribution < 1.29 is 19.4 Å². The third-order valence-corrected chi connectivity index (χ3v) is 2.99. The van der Waals surface area contributed by atoms with Crippen molar-refractivity contribution in [1.82, 2.24) is 0 Å². The number of benzene rings is 1. The van der Waals surface area contributed by atoms with Crippen LogP contribution in [0.5, 0.6) is 17.2 Å². The van der Waals surface area contributed by atoms with Gasteiger partial charge < -0.3 is 14.6 Å². The van der Waals surface area contributed by atoms with E-state index in [9.17, 15) is 9.90 Å². The van der Waals surface area contributed by atoms with Crippen LogP contribution in [0.15, 0.2) is 17.0 Å². The second-order valence-electron chi connectivity index (χ2n) is 3.17. The predicted octanol–water partition coefficient (Wildman–Crippen LogP) is 2.09. The zero-order valence-corrected chi connectivity index (χ0v) is 10.3. The van der Waals surface area contributed by atoms with Crippen LogP contribution in [0, 0.1) is 0 Å². The molecule has 0 radical (unpaired) electrons. The van der Waals surface area contributed by atoms with Crippen LogP contribution in [0.4, 0.5) is 0 Å². The highest BCUT2D eigenvalue weighted by atomic mass is 32.2. The second kappa shape index (κ2) is 5.65. The summed E-state index contributed by atoms with van der Waals surface area (Å²) >= 11 is 1.35. The molecular formula is C11H14O4S. The number of methoxy groups -OCH3 is 2. The molecule has 0 heterocycles. The molecule has 5 heteroatoms. The van der Waals surface area contributed by atoms with E-state index in [0.29, 0.717) is 17.3 Å². The van der Waals surface area contributed by atoms with Gasteiger partial charge in [-0.25, -0.2) is 0 Å². The van der Waals surface area contributed by atoms with E-state index in [-0.39, 0.29) is 11.5 Å². The number of phenolic OH excluding ortho intramolecular Hbond substituents is 1. The van der Waals surface area contributed by atoms with Crippen LogP contribution in [0.25, 0.3) is 0 Å². The van der Waals surface area contributed by atoms with Crippen LogP contribution < -0.4 is 9.47 Å². The largest absolute Gasteiger partial charge is 0.504 e. The van der Waals surface area contributed by atoms with E-state index in [1.54, 1.807) is 12.1 Å². The molecule has 1 rings (SSSR count). The summed E-state index contributed by atoms with van der Waals surface area (Å²) in [5.74, 6) is 1.21. The molecule has 4 nitrogen and oxygen atoms in total. The van der Waals surface area contributed by atoms with E-state index in [2.05, 4.69) is 0 Å². The Morgan fingerprint density at radius 3 is 2.56 bits per heavy atom. The lowest BCUT2D eigenvalue weighted by atomic mass is 10.3. The quantitative estimate of drug-likeness (QED) is 0.801. The molecule has 0 aliphatic rings. The lowest BCUT2D eigenvalue weighted by molar-refractivity contribution is -0.114. The van der Waals surface area contributed by atoms with E-state index in [4.69, 9.17) is 9.47 Å². The summed E-state index contributed by atoms with van der Waals surface area (Å²) in [4.78, 5) is 11.6. The van der Waals surface area contributed by atoms with Gasteiger partial charge in [0.25, 0.3) is 0 Å². The van der Waals surface area contributed by atoms with Crippen molar-refractivity contribution in [1.29, 1.82) is 0 Å². The summed E-state index contributed by atoms with van der Waals surface area (Å²) in [6.45, 7) is 1.52. The van der Waals surface area contributed by atoms with Crippen LogP contribution >= 0.6 is 11.8 Å². The topological polar surface area (TPSA) is 55.8 Å². The smallest absolute Gasteiger partial charge is 0.203 e. The lowest BCUT2D eigenvalue weighted by Crippen LogP contribution is -1.94. The van der Waals surface area contributed by atoms with E-state index in [1.807, 2.05) is 0 Å². The van der Waals surface area contributed by atoms with Crippen molar-refractivity contribution in [3.05, 3.63) is 12.1 Å². The van der Waals surface area contributed by atoms with Gasteiger partial charge in [0.05, 0.1) is 20.0 Å². The molecule has 0 saturated heterocycles. The van der Waals surface area contributed by atoms with Gasteiger partial charge in [-0.15, -0.1) is 11.8 Å². The molecule has 16 heavy (non-hydrogen) atoms. The maximum Gasteiger partial charge on any atom is 0.203 e. The molecular weight excluding hydrogens is 228 g/mol. The predicted molar refractivity (Wildman–Crippen MR) is 62.6 cm³/mol. The molecule has 0 fully saturated rings. The van der Waals surface area contributed by atoms with Gasteiger partial charge in [-0.1, -0.05) is 0 Å². The van der Waals surface area contributed by atoms with Crippen molar-refractivity contribution in [3.63, 3.8) is 0 Å². The summed E-state index contributed by atoms with van der Waals surface area (Å²) < 4.78 is 10.1. The normalized spacial score (nSPS) is 9.94. The number of ketones is 1. The molecule has 0 atom stereocenters. The Morgan fingerprint density at radius 1 is 1.38 bits per heavy atom. The van der Waals surface area contributed by atoms with Gasteiger partial charge in [-0.2, -0.15) is 0 Å². The molecule has 0 amide bonds. The minimum atomic E-state index is 0.00732. The number of carbonyl (C=O) groups excluding carboxylic acids is 1. The first-order valence-corrected chi connectivity index (χ1v) is 5.64. The third kappa shape index (κ3) is 3.06. The zero-order chi connectivity index (χ0) is 12.1. The van der Waals surface area contributed by atoms with E-state index in [1.165, 1.54) is 32.9 Å². The highest BCUT2D eigenvalue weighted by Gasteiger charge is 2.12. The van der Waals surface area contributed by atoms with Crippen molar-refractivity contribution in [2.75, 3.05) is 20.0 Å². The number of ether oxygens (including phenoxy) is 2. The summed E-state index contributed by atoms with van der Waals surface area (Å²) in [5, 5.41) is 9.67. The monoisotopic (exact) mass is 242 g/mol. The molecule has 88 valence electrons. The second-order valence-corrected chi connectivity index (χ2v) is 4.22.